The van der Waals surface area contributed by atoms with Gasteiger partial charge in [0, 0.05) is 21.5 Å². The third-order valence-corrected chi connectivity index (χ3v) is 7.51. The van der Waals surface area contributed by atoms with Crippen molar-refractivity contribution in [2.75, 3.05) is 23.1 Å². The predicted molar refractivity (Wildman–Crippen MR) is 125 cm³/mol. The van der Waals surface area contributed by atoms with Crippen molar-refractivity contribution in [3.8, 4) is 0 Å². The zero-order valence-electron chi connectivity index (χ0n) is 17.1. The third-order valence-electron chi connectivity index (χ3n) is 3.95. The molecule has 0 aliphatic heterocycles. The molecule has 0 radical (unpaired) electrons. The number of carbonyl (C=O) groups excluding carboxylic acids is 1. The standard InChI is InChI=1S/C21H27BrN2O3S2/c1-16-8-10-19(11-9-16)29(26,27)24(18-7-5-6-17(22)14-18)15-20(25)23-12-13-28-21(2,3)4/h5-11,14H,12-13,15H2,1-4H3,(H,23,25). The molecule has 0 spiro atoms. The Kier molecular flexibility index (Phi) is 8.19. The highest BCUT2D eigenvalue weighted by molar-refractivity contribution is 9.10. The van der Waals surface area contributed by atoms with Crippen LogP contribution in [0.1, 0.15) is 26.3 Å². The van der Waals surface area contributed by atoms with Crippen LogP contribution in [0.5, 0.6) is 0 Å². The molecule has 0 heterocycles. The molecular weight excluding hydrogens is 472 g/mol. The maximum absolute atomic E-state index is 13.3. The van der Waals surface area contributed by atoms with E-state index < -0.39 is 10.0 Å². The molecule has 2 aromatic carbocycles. The second-order valence-corrected chi connectivity index (χ2v) is 12.3. The summed E-state index contributed by atoms with van der Waals surface area (Å²) >= 11 is 5.12. The summed E-state index contributed by atoms with van der Waals surface area (Å²) in [5.41, 5.74) is 1.39. The summed E-state index contributed by atoms with van der Waals surface area (Å²) in [4.78, 5) is 12.7. The minimum Gasteiger partial charge on any atom is -0.354 e. The molecule has 1 amide bonds. The van der Waals surface area contributed by atoms with E-state index in [2.05, 4.69) is 42.0 Å². The van der Waals surface area contributed by atoms with Crippen molar-refractivity contribution in [1.29, 1.82) is 0 Å². The van der Waals surface area contributed by atoms with Crippen molar-refractivity contribution in [1.82, 2.24) is 5.32 Å². The summed E-state index contributed by atoms with van der Waals surface area (Å²) in [6.07, 6.45) is 0. The van der Waals surface area contributed by atoms with Gasteiger partial charge in [0.2, 0.25) is 5.91 Å². The van der Waals surface area contributed by atoms with Gasteiger partial charge < -0.3 is 5.32 Å². The molecule has 0 atom stereocenters. The summed E-state index contributed by atoms with van der Waals surface area (Å²) in [6.45, 7) is 8.43. The summed E-state index contributed by atoms with van der Waals surface area (Å²) in [6, 6.07) is 13.5. The van der Waals surface area contributed by atoms with Crippen LogP contribution in [0.4, 0.5) is 5.69 Å². The number of sulfonamides is 1. The topological polar surface area (TPSA) is 66.5 Å². The first-order chi connectivity index (χ1) is 13.5. The molecule has 158 valence electrons. The van der Waals surface area contributed by atoms with Crippen LogP contribution in [0.25, 0.3) is 0 Å². The Morgan fingerprint density at radius 2 is 1.79 bits per heavy atom. The minimum atomic E-state index is -3.89. The maximum Gasteiger partial charge on any atom is 0.264 e. The van der Waals surface area contributed by atoms with Crippen LogP contribution in [0.2, 0.25) is 0 Å². The van der Waals surface area contributed by atoms with Gasteiger partial charge in [-0.05, 0) is 37.3 Å². The minimum absolute atomic E-state index is 0.113. The van der Waals surface area contributed by atoms with Crippen molar-refractivity contribution < 1.29 is 13.2 Å². The van der Waals surface area contributed by atoms with Gasteiger partial charge in [0.1, 0.15) is 6.54 Å². The molecule has 8 heteroatoms. The van der Waals surface area contributed by atoms with Gasteiger partial charge in [-0.25, -0.2) is 8.42 Å². The van der Waals surface area contributed by atoms with Crippen LogP contribution in [-0.4, -0.2) is 37.9 Å². The normalized spacial score (nSPS) is 11.9. The third kappa shape index (κ3) is 7.35. The van der Waals surface area contributed by atoms with Crippen LogP contribution in [0.15, 0.2) is 57.9 Å². The highest BCUT2D eigenvalue weighted by Gasteiger charge is 2.27. The molecule has 29 heavy (non-hydrogen) atoms. The number of halogens is 1. The second-order valence-electron chi connectivity index (χ2n) is 7.62. The Labute approximate surface area is 186 Å². The van der Waals surface area contributed by atoms with Gasteiger partial charge in [-0.2, -0.15) is 11.8 Å². The van der Waals surface area contributed by atoms with Gasteiger partial charge >= 0.3 is 0 Å². The van der Waals surface area contributed by atoms with E-state index in [0.717, 1.165) is 20.1 Å². The van der Waals surface area contributed by atoms with Crippen molar-refractivity contribution >= 4 is 49.3 Å². The second kappa shape index (κ2) is 10.00. The zero-order valence-corrected chi connectivity index (χ0v) is 20.3. The van der Waals surface area contributed by atoms with Gasteiger partial charge in [0.25, 0.3) is 10.0 Å². The maximum atomic E-state index is 13.3. The number of thioether (sulfide) groups is 1. The van der Waals surface area contributed by atoms with Crippen molar-refractivity contribution in [2.24, 2.45) is 0 Å². The van der Waals surface area contributed by atoms with Crippen LogP contribution in [0.3, 0.4) is 0 Å². The van der Waals surface area contributed by atoms with Gasteiger partial charge in [0.15, 0.2) is 0 Å². The lowest BCUT2D eigenvalue weighted by Crippen LogP contribution is -2.41. The highest BCUT2D eigenvalue weighted by Crippen LogP contribution is 2.26. The van der Waals surface area contributed by atoms with Crippen LogP contribution >= 0.6 is 27.7 Å². The zero-order chi connectivity index (χ0) is 21.7. The lowest BCUT2D eigenvalue weighted by molar-refractivity contribution is -0.119. The Balaban J connectivity index is 2.22. The van der Waals surface area contributed by atoms with E-state index in [1.807, 2.05) is 13.0 Å². The number of carbonyl (C=O) groups is 1. The number of nitrogens with zero attached hydrogens (tertiary/aromatic N) is 1. The molecule has 0 bridgehead atoms. The largest absolute Gasteiger partial charge is 0.354 e. The Bertz CT molecular complexity index is 939. The fourth-order valence-electron chi connectivity index (χ4n) is 2.52. The van der Waals surface area contributed by atoms with Crippen LogP contribution < -0.4 is 9.62 Å². The van der Waals surface area contributed by atoms with E-state index in [1.54, 1.807) is 54.2 Å². The predicted octanol–water partition coefficient (Wildman–Crippen LogP) is 4.60. The lowest BCUT2D eigenvalue weighted by atomic mass is 10.2. The quantitative estimate of drug-likeness (QED) is 0.540. The number of nitrogens with one attached hydrogen (secondary N) is 1. The molecule has 0 saturated carbocycles. The van der Waals surface area contributed by atoms with E-state index >= 15 is 0 Å². The van der Waals surface area contributed by atoms with E-state index in [1.165, 1.54) is 0 Å². The number of hydrogen-bond acceptors (Lipinski definition) is 4. The van der Waals surface area contributed by atoms with Crippen LogP contribution in [-0.2, 0) is 14.8 Å². The molecule has 0 fully saturated rings. The first kappa shape index (κ1) is 23.8. The Hall–Kier alpha value is -1.51. The number of anilines is 1. The molecule has 0 aromatic heterocycles. The Morgan fingerprint density at radius 1 is 1.14 bits per heavy atom. The first-order valence-corrected chi connectivity index (χ1v) is 12.5. The van der Waals surface area contributed by atoms with E-state index in [0.29, 0.717) is 12.2 Å². The highest BCUT2D eigenvalue weighted by atomic mass is 79.9. The molecule has 0 saturated heterocycles. The van der Waals surface area contributed by atoms with Gasteiger partial charge in [0.05, 0.1) is 10.6 Å². The number of rotatable bonds is 8. The fraction of sp³-hybridized carbons (Fsp3) is 0.381. The van der Waals surface area contributed by atoms with Gasteiger partial charge in [-0.3, -0.25) is 9.10 Å². The monoisotopic (exact) mass is 498 g/mol. The SMILES string of the molecule is Cc1ccc(S(=O)(=O)N(CC(=O)NCCSC(C)(C)C)c2cccc(Br)c2)cc1. The smallest absolute Gasteiger partial charge is 0.264 e. The first-order valence-electron chi connectivity index (χ1n) is 9.25. The molecule has 0 unspecified atom stereocenters. The summed E-state index contributed by atoms with van der Waals surface area (Å²) in [5.74, 6) is 0.423. The molecule has 0 aliphatic carbocycles. The fourth-order valence-corrected chi connectivity index (χ4v) is 5.13. The molecule has 2 rings (SSSR count). The molecule has 1 N–H and O–H groups in total. The Morgan fingerprint density at radius 3 is 2.38 bits per heavy atom. The average molecular weight is 499 g/mol. The van der Waals surface area contributed by atoms with Crippen molar-refractivity contribution in [3.05, 3.63) is 58.6 Å². The lowest BCUT2D eigenvalue weighted by Gasteiger charge is -2.24. The van der Waals surface area contributed by atoms with E-state index in [-0.39, 0.29) is 22.1 Å². The van der Waals surface area contributed by atoms with Gasteiger partial charge in [-0.15, -0.1) is 0 Å². The number of aryl methyl sites for hydroxylation is 1. The average Bonchev–Trinajstić information content (AvgIpc) is 2.63. The van der Waals surface area contributed by atoms with Crippen molar-refractivity contribution in [2.45, 2.75) is 37.3 Å². The summed E-state index contributed by atoms with van der Waals surface area (Å²) in [5, 5.41) is 2.83. The number of benzene rings is 2. The summed E-state index contributed by atoms with van der Waals surface area (Å²) in [7, 11) is -3.89. The molecular formula is C21H27BrN2O3S2. The number of hydrogen-bond donors (Lipinski definition) is 1. The van der Waals surface area contributed by atoms with Crippen LogP contribution in [0, 0.1) is 6.92 Å². The number of amides is 1. The van der Waals surface area contributed by atoms with Gasteiger partial charge in [-0.1, -0.05) is 60.5 Å². The van der Waals surface area contributed by atoms with E-state index in [4.69, 9.17) is 0 Å². The van der Waals surface area contributed by atoms with Crippen molar-refractivity contribution in [3.63, 3.8) is 0 Å². The molecule has 5 nitrogen and oxygen atoms in total. The van der Waals surface area contributed by atoms with E-state index in [9.17, 15) is 13.2 Å². The molecule has 2 aromatic rings. The summed E-state index contributed by atoms with van der Waals surface area (Å²) < 4.78 is 28.6. The molecule has 0 aliphatic rings.